The van der Waals surface area contributed by atoms with Gasteiger partial charge in [0.15, 0.2) is 0 Å². The summed E-state index contributed by atoms with van der Waals surface area (Å²) >= 11 is 4.85. The van der Waals surface area contributed by atoms with E-state index in [2.05, 4.69) is 40.7 Å². The minimum absolute atomic E-state index is 0.0852. The zero-order chi connectivity index (χ0) is 21.0. The van der Waals surface area contributed by atoms with E-state index in [9.17, 15) is 5.11 Å². The van der Waals surface area contributed by atoms with Crippen LogP contribution >= 0.6 is 12.6 Å². The molecule has 9 atom stereocenters. The number of hydrogen-bond acceptors (Lipinski definition) is 2. The van der Waals surface area contributed by atoms with Crippen LogP contribution in [0.4, 0.5) is 0 Å². The summed E-state index contributed by atoms with van der Waals surface area (Å²) in [5.74, 6) is 5.11. The molecular formula is C27H46OS. The molecule has 0 amide bonds. The van der Waals surface area contributed by atoms with Crippen LogP contribution < -0.4 is 0 Å². The Morgan fingerprint density at radius 2 is 1.79 bits per heavy atom. The quantitative estimate of drug-likeness (QED) is 0.354. The minimum atomic E-state index is -0.0852. The highest BCUT2D eigenvalue weighted by atomic mass is 32.1. The molecule has 0 aromatic heterocycles. The lowest BCUT2D eigenvalue weighted by Crippen LogP contribution is -2.50. The third kappa shape index (κ3) is 3.77. The zero-order valence-corrected chi connectivity index (χ0v) is 20.6. The third-order valence-electron chi connectivity index (χ3n) is 10.5. The zero-order valence-electron chi connectivity index (χ0n) is 19.7. The summed E-state index contributed by atoms with van der Waals surface area (Å²) in [6.07, 6.45) is 15.4. The van der Waals surface area contributed by atoms with Gasteiger partial charge in [-0.25, -0.2) is 0 Å². The Kier molecular flexibility index (Phi) is 6.29. The highest BCUT2D eigenvalue weighted by molar-refractivity contribution is 7.81. The molecule has 0 unspecified atom stereocenters. The molecule has 2 heteroatoms. The SMILES string of the molecule is CC(C)[C@H](S)CC[C@@H](C)[C@H]1CC[C@H]2[C@@H]3CC=C4C[C@@H](O)CC[C@]4(C)[C@H]3CC[C@]12C. The second-order valence-corrected chi connectivity index (χ2v) is 12.9. The minimum Gasteiger partial charge on any atom is -0.393 e. The number of allylic oxidation sites excluding steroid dienone is 1. The number of aliphatic hydroxyl groups excluding tert-OH is 1. The maximum Gasteiger partial charge on any atom is 0.0577 e. The summed E-state index contributed by atoms with van der Waals surface area (Å²) in [5.41, 5.74) is 2.54. The number of thiol groups is 1. The first-order valence-corrected chi connectivity index (χ1v) is 13.2. The summed E-state index contributed by atoms with van der Waals surface area (Å²) in [5, 5.41) is 10.8. The van der Waals surface area contributed by atoms with E-state index < -0.39 is 0 Å². The fourth-order valence-electron chi connectivity index (χ4n) is 8.59. The standard InChI is InChI=1S/C27H46OS/c1-17(2)25(29)11-6-18(3)22-9-10-23-21-8-7-19-16-20(28)12-14-26(19,4)24(21)13-15-27(22,23)5/h7,17-18,20-25,28-29H,6,8-16H2,1-5H3/t18-,20+,21+,22-,23+,24+,25-,26+,27-/m1/s1. The molecule has 4 aliphatic carbocycles. The first kappa shape index (κ1) is 22.3. The topological polar surface area (TPSA) is 20.2 Å². The molecule has 0 aliphatic heterocycles. The molecule has 0 radical (unpaired) electrons. The van der Waals surface area contributed by atoms with Gasteiger partial charge in [0.25, 0.3) is 0 Å². The van der Waals surface area contributed by atoms with E-state index in [1.165, 1.54) is 51.4 Å². The molecular weight excluding hydrogens is 372 g/mol. The Labute approximate surface area is 185 Å². The highest BCUT2D eigenvalue weighted by Gasteiger charge is 2.59. The molecule has 0 saturated heterocycles. The van der Waals surface area contributed by atoms with E-state index in [0.717, 1.165) is 42.4 Å². The van der Waals surface area contributed by atoms with E-state index in [-0.39, 0.29) is 6.10 Å². The van der Waals surface area contributed by atoms with Crippen LogP contribution in [0.2, 0.25) is 0 Å². The van der Waals surface area contributed by atoms with Gasteiger partial charge in [-0.15, -0.1) is 0 Å². The number of aliphatic hydroxyl groups is 1. The molecule has 1 N–H and O–H groups in total. The Hall–Kier alpha value is 0.0500. The van der Waals surface area contributed by atoms with E-state index in [1.807, 2.05) is 0 Å². The van der Waals surface area contributed by atoms with Gasteiger partial charge in [-0.05, 0) is 111 Å². The van der Waals surface area contributed by atoms with Crippen molar-refractivity contribution in [2.75, 3.05) is 0 Å². The second-order valence-electron chi connectivity index (χ2n) is 12.3. The van der Waals surface area contributed by atoms with Gasteiger partial charge in [-0.3, -0.25) is 0 Å². The van der Waals surface area contributed by atoms with Crippen molar-refractivity contribution in [3.05, 3.63) is 11.6 Å². The molecule has 4 aliphatic rings. The lowest BCUT2D eigenvalue weighted by molar-refractivity contribution is -0.0572. The van der Waals surface area contributed by atoms with Crippen molar-refractivity contribution in [2.45, 2.75) is 110 Å². The Morgan fingerprint density at radius 1 is 1.03 bits per heavy atom. The Balaban J connectivity index is 1.49. The van der Waals surface area contributed by atoms with Gasteiger partial charge in [0.2, 0.25) is 0 Å². The molecule has 0 heterocycles. The number of rotatable bonds is 5. The van der Waals surface area contributed by atoms with Gasteiger partial charge >= 0.3 is 0 Å². The van der Waals surface area contributed by atoms with E-state index in [0.29, 0.717) is 22.0 Å². The van der Waals surface area contributed by atoms with Gasteiger partial charge in [0.1, 0.15) is 0 Å². The van der Waals surface area contributed by atoms with Crippen LogP contribution in [0, 0.1) is 46.3 Å². The monoisotopic (exact) mass is 418 g/mol. The predicted molar refractivity (Wildman–Crippen MR) is 127 cm³/mol. The predicted octanol–water partition coefficient (Wildman–Crippen LogP) is 7.30. The molecule has 0 aromatic carbocycles. The average Bonchev–Trinajstić information content (AvgIpc) is 3.03. The van der Waals surface area contributed by atoms with Crippen molar-refractivity contribution in [1.82, 2.24) is 0 Å². The molecule has 0 bridgehead atoms. The molecule has 1 nitrogen and oxygen atoms in total. The first-order chi connectivity index (χ1) is 13.7. The van der Waals surface area contributed by atoms with Gasteiger partial charge in [-0.1, -0.05) is 46.3 Å². The van der Waals surface area contributed by atoms with Crippen LogP contribution in [0.25, 0.3) is 0 Å². The van der Waals surface area contributed by atoms with E-state index >= 15 is 0 Å². The lowest BCUT2D eigenvalue weighted by Gasteiger charge is -2.58. The van der Waals surface area contributed by atoms with Crippen LogP contribution in [0.3, 0.4) is 0 Å². The largest absolute Gasteiger partial charge is 0.393 e. The van der Waals surface area contributed by atoms with Crippen molar-refractivity contribution < 1.29 is 5.11 Å². The molecule has 3 saturated carbocycles. The van der Waals surface area contributed by atoms with Gasteiger partial charge in [0, 0.05) is 5.25 Å². The van der Waals surface area contributed by atoms with Crippen LogP contribution in [0.1, 0.15) is 98.8 Å². The van der Waals surface area contributed by atoms with Gasteiger partial charge < -0.3 is 5.11 Å². The van der Waals surface area contributed by atoms with Crippen molar-refractivity contribution in [3.63, 3.8) is 0 Å². The van der Waals surface area contributed by atoms with E-state index in [4.69, 9.17) is 12.6 Å². The van der Waals surface area contributed by atoms with Crippen molar-refractivity contribution >= 4 is 12.6 Å². The molecule has 4 rings (SSSR count). The Morgan fingerprint density at radius 3 is 2.52 bits per heavy atom. The molecule has 3 fully saturated rings. The summed E-state index contributed by atoms with van der Waals surface area (Å²) in [7, 11) is 0. The van der Waals surface area contributed by atoms with Crippen LogP contribution in [-0.4, -0.2) is 16.5 Å². The van der Waals surface area contributed by atoms with Gasteiger partial charge in [0.05, 0.1) is 6.10 Å². The van der Waals surface area contributed by atoms with Crippen LogP contribution in [0.5, 0.6) is 0 Å². The number of fused-ring (bicyclic) bond motifs is 5. The van der Waals surface area contributed by atoms with E-state index in [1.54, 1.807) is 5.57 Å². The molecule has 166 valence electrons. The first-order valence-electron chi connectivity index (χ1n) is 12.7. The maximum absolute atomic E-state index is 10.2. The summed E-state index contributed by atoms with van der Waals surface area (Å²) < 4.78 is 0. The molecule has 29 heavy (non-hydrogen) atoms. The highest BCUT2D eigenvalue weighted by Crippen LogP contribution is 2.67. The third-order valence-corrected chi connectivity index (χ3v) is 11.4. The number of hydrogen-bond donors (Lipinski definition) is 2. The normalized spacial score (nSPS) is 46.5. The fourth-order valence-corrected chi connectivity index (χ4v) is 8.73. The summed E-state index contributed by atoms with van der Waals surface area (Å²) in [4.78, 5) is 0. The van der Waals surface area contributed by atoms with Crippen LogP contribution in [0.15, 0.2) is 11.6 Å². The fraction of sp³-hybridized carbons (Fsp3) is 0.926. The average molecular weight is 419 g/mol. The lowest BCUT2D eigenvalue weighted by atomic mass is 9.47. The molecule has 0 spiro atoms. The Bertz CT molecular complexity index is 626. The maximum atomic E-state index is 10.2. The smallest absolute Gasteiger partial charge is 0.0577 e. The van der Waals surface area contributed by atoms with Crippen LogP contribution in [-0.2, 0) is 0 Å². The van der Waals surface area contributed by atoms with Crippen molar-refractivity contribution in [3.8, 4) is 0 Å². The summed E-state index contributed by atoms with van der Waals surface area (Å²) in [6.45, 7) is 12.4. The van der Waals surface area contributed by atoms with Crippen molar-refractivity contribution in [1.29, 1.82) is 0 Å². The van der Waals surface area contributed by atoms with Gasteiger partial charge in [-0.2, -0.15) is 12.6 Å². The summed E-state index contributed by atoms with van der Waals surface area (Å²) in [6, 6.07) is 0. The van der Waals surface area contributed by atoms with Crippen molar-refractivity contribution in [2.24, 2.45) is 46.3 Å². The second kappa shape index (κ2) is 8.19. The molecule has 0 aromatic rings.